The van der Waals surface area contributed by atoms with Crippen LogP contribution in [0.1, 0.15) is 29.3 Å². The second-order valence-corrected chi connectivity index (χ2v) is 7.02. The molecule has 1 aliphatic heterocycles. The van der Waals surface area contributed by atoms with Crippen molar-refractivity contribution in [3.63, 3.8) is 0 Å². The number of aromatic nitrogens is 2. The van der Waals surface area contributed by atoms with Crippen molar-refractivity contribution >= 4 is 17.7 Å². The third-order valence-corrected chi connectivity index (χ3v) is 5.06. The minimum absolute atomic E-state index is 0.357. The molecule has 0 saturated carbocycles. The third-order valence-electron chi connectivity index (χ3n) is 5.06. The molecule has 0 bridgehead atoms. The Morgan fingerprint density at radius 3 is 3.00 bits per heavy atom. The van der Waals surface area contributed by atoms with E-state index in [1.54, 1.807) is 12.5 Å². The van der Waals surface area contributed by atoms with Gasteiger partial charge in [0.2, 0.25) is 5.88 Å². The number of ether oxygens (including phenoxy) is 1. The number of hydrogen-bond donors (Lipinski definition) is 1. The zero-order valence-electron chi connectivity index (χ0n) is 17.6. The van der Waals surface area contributed by atoms with Gasteiger partial charge in [-0.1, -0.05) is 12.1 Å². The zero-order valence-corrected chi connectivity index (χ0v) is 17.6. The first-order chi connectivity index (χ1) is 14.5. The molecule has 0 spiro atoms. The van der Waals surface area contributed by atoms with E-state index >= 15 is 0 Å². The smallest absolute Gasteiger partial charge is 0.205 e. The highest BCUT2D eigenvalue weighted by atomic mass is 16.5. The van der Waals surface area contributed by atoms with E-state index < -0.39 is 0 Å². The number of rotatable bonds is 7. The summed E-state index contributed by atoms with van der Waals surface area (Å²) in [5.41, 5.74) is 5.80. The lowest BCUT2D eigenvalue weighted by Crippen LogP contribution is -2.32. The Balaban J connectivity index is 1.79. The molecule has 0 fully saturated rings. The number of methoxy groups -OCH3 is 1. The van der Waals surface area contributed by atoms with Crippen LogP contribution in [0.15, 0.2) is 53.6 Å². The molecule has 0 atom stereocenters. The summed E-state index contributed by atoms with van der Waals surface area (Å²) in [5.74, 6) is 1.16. The molecule has 7 nitrogen and oxygen atoms in total. The van der Waals surface area contributed by atoms with Crippen LogP contribution in [0.25, 0.3) is 0 Å². The standard InChI is InChI=1S/C23H26N6O/c1-5-18(12-25-17(3)30-4)13-26-23-20-14-29(9-8-21(20)27-15-28-23)22-7-6-16(2)10-19(22)11-24/h5-7,10,12,15H,3,8-9,13-14H2,1-2,4H3,(H,26,27,28)/b18-5+,25-12-. The van der Waals surface area contributed by atoms with Gasteiger partial charge in [-0.05, 0) is 43.7 Å². The van der Waals surface area contributed by atoms with Crippen molar-refractivity contribution in [1.29, 1.82) is 5.26 Å². The van der Waals surface area contributed by atoms with E-state index in [1.165, 1.54) is 7.11 Å². The van der Waals surface area contributed by atoms with Crippen LogP contribution in [-0.4, -0.2) is 36.4 Å². The monoisotopic (exact) mass is 402 g/mol. The van der Waals surface area contributed by atoms with Gasteiger partial charge in [0.15, 0.2) is 0 Å². The van der Waals surface area contributed by atoms with Crippen molar-refractivity contribution in [2.45, 2.75) is 26.8 Å². The first-order valence-electron chi connectivity index (χ1n) is 9.80. The van der Waals surface area contributed by atoms with Crippen LogP contribution >= 0.6 is 0 Å². The van der Waals surface area contributed by atoms with E-state index in [-0.39, 0.29) is 0 Å². The second-order valence-electron chi connectivity index (χ2n) is 7.02. The van der Waals surface area contributed by atoms with Crippen molar-refractivity contribution in [1.82, 2.24) is 9.97 Å². The molecule has 1 aromatic heterocycles. The largest absolute Gasteiger partial charge is 0.481 e. The van der Waals surface area contributed by atoms with Gasteiger partial charge in [-0.2, -0.15) is 5.26 Å². The van der Waals surface area contributed by atoms with Crippen molar-refractivity contribution in [2.24, 2.45) is 4.99 Å². The molecule has 1 N–H and O–H groups in total. The summed E-state index contributed by atoms with van der Waals surface area (Å²) in [6.07, 6.45) is 6.10. The molecule has 3 rings (SSSR count). The molecule has 2 aromatic rings. The molecule has 7 heteroatoms. The lowest BCUT2D eigenvalue weighted by Gasteiger charge is -2.31. The first kappa shape index (κ1) is 21.1. The molecule has 0 saturated heterocycles. The molecule has 0 aliphatic carbocycles. The van der Waals surface area contributed by atoms with Crippen LogP contribution in [0.3, 0.4) is 0 Å². The average Bonchev–Trinajstić information content (AvgIpc) is 2.78. The first-order valence-corrected chi connectivity index (χ1v) is 9.80. The van der Waals surface area contributed by atoms with E-state index in [9.17, 15) is 5.26 Å². The molecule has 0 amide bonds. The summed E-state index contributed by atoms with van der Waals surface area (Å²) >= 11 is 0. The van der Waals surface area contributed by atoms with Crippen molar-refractivity contribution in [3.8, 4) is 6.07 Å². The van der Waals surface area contributed by atoms with Gasteiger partial charge < -0.3 is 15.0 Å². The van der Waals surface area contributed by atoms with Crippen molar-refractivity contribution in [3.05, 3.63) is 71.0 Å². The minimum Gasteiger partial charge on any atom is -0.481 e. The quantitative estimate of drug-likeness (QED) is 0.560. The summed E-state index contributed by atoms with van der Waals surface area (Å²) < 4.78 is 4.97. The number of fused-ring (bicyclic) bond motifs is 1. The number of nitrogens with one attached hydrogen (secondary N) is 1. The number of aliphatic imine (C=N–C) groups is 1. The molecule has 1 aromatic carbocycles. The lowest BCUT2D eigenvalue weighted by molar-refractivity contribution is 0.291. The summed E-state index contributed by atoms with van der Waals surface area (Å²) in [6.45, 7) is 9.67. The number of aryl methyl sites for hydroxylation is 1. The third kappa shape index (κ3) is 4.84. The van der Waals surface area contributed by atoms with Gasteiger partial charge in [0.25, 0.3) is 0 Å². The summed E-state index contributed by atoms with van der Waals surface area (Å²) in [4.78, 5) is 15.3. The molecule has 0 radical (unpaired) electrons. The van der Waals surface area contributed by atoms with Gasteiger partial charge in [0.1, 0.15) is 18.2 Å². The molecular formula is C23H26N6O. The normalized spacial score (nSPS) is 13.7. The summed E-state index contributed by atoms with van der Waals surface area (Å²) in [5, 5.41) is 13.0. The lowest BCUT2D eigenvalue weighted by atomic mass is 10.0. The SMILES string of the molecule is C=C(/N=C\C(=C/C)CNc1ncnc2c1CN(c1ccc(C)cc1C#N)CC2)OC. The van der Waals surface area contributed by atoms with E-state index in [4.69, 9.17) is 4.74 Å². The molecule has 154 valence electrons. The Hall–Kier alpha value is -3.66. The highest BCUT2D eigenvalue weighted by Gasteiger charge is 2.23. The number of hydrogen-bond acceptors (Lipinski definition) is 7. The second kappa shape index (κ2) is 9.70. The Labute approximate surface area is 177 Å². The van der Waals surface area contributed by atoms with Crippen LogP contribution in [0.2, 0.25) is 0 Å². The van der Waals surface area contributed by atoms with Crippen LogP contribution in [0, 0.1) is 18.3 Å². The van der Waals surface area contributed by atoms with Crippen LogP contribution in [0.4, 0.5) is 11.5 Å². The fourth-order valence-corrected chi connectivity index (χ4v) is 3.33. The maximum atomic E-state index is 9.56. The minimum atomic E-state index is 0.357. The van der Waals surface area contributed by atoms with Gasteiger partial charge in [0, 0.05) is 37.8 Å². The fourth-order valence-electron chi connectivity index (χ4n) is 3.33. The predicted molar refractivity (Wildman–Crippen MR) is 120 cm³/mol. The van der Waals surface area contributed by atoms with E-state index in [1.807, 2.05) is 38.1 Å². The fraction of sp³-hybridized carbons (Fsp3) is 0.304. The van der Waals surface area contributed by atoms with Gasteiger partial charge in [-0.3, -0.25) is 0 Å². The van der Waals surface area contributed by atoms with Gasteiger partial charge >= 0.3 is 0 Å². The Kier molecular flexibility index (Phi) is 6.81. The number of benzene rings is 1. The van der Waals surface area contributed by atoms with Gasteiger partial charge in [0.05, 0.1) is 24.1 Å². The number of nitrogens with zero attached hydrogens (tertiary/aromatic N) is 5. The highest BCUT2D eigenvalue weighted by molar-refractivity contribution is 5.80. The van der Waals surface area contributed by atoms with Gasteiger partial charge in [-0.15, -0.1) is 0 Å². The molecule has 2 heterocycles. The molecule has 30 heavy (non-hydrogen) atoms. The van der Waals surface area contributed by atoms with Crippen molar-refractivity contribution < 1.29 is 4.74 Å². The topological polar surface area (TPSA) is 86.4 Å². The Bertz CT molecular complexity index is 1030. The van der Waals surface area contributed by atoms with Gasteiger partial charge in [-0.25, -0.2) is 15.0 Å². The van der Waals surface area contributed by atoms with Crippen molar-refractivity contribution in [2.75, 3.05) is 30.4 Å². The molecule has 1 aliphatic rings. The molecular weight excluding hydrogens is 376 g/mol. The summed E-state index contributed by atoms with van der Waals surface area (Å²) in [7, 11) is 1.54. The molecule has 0 unspecified atom stereocenters. The summed E-state index contributed by atoms with van der Waals surface area (Å²) in [6, 6.07) is 8.31. The number of nitriles is 1. The van der Waals surface area contributed by atoms with E-state index in [0.717, 1.165) is 46.9 Å². The predicted octanol–water partition coefficient (Wildman–Crippen LogP) is 3.77. The Morgan fingerprint density at radius 2 is 2.27 bits per heavy atom. The Morgan fingerprint density at radius 1 is 1.43 bits per heavy atom. The van der Waals surface area contributed by atoms with Crippen LogP contribution < -0.4 is 10.2 Å². The number of allylic oxidation sites excluding steroid dienone is 1. The number of anilines is 2. The maximum absolute atomic E-state index is 9.56. The van der Waals surface area contributed by atoms with E-state index in [2.05, 4.69) is 37.8 Å². The van der Waals surface area contributed by atoms with Crippen LogP contribution in [0.5, 0.6) is 0 Å². The maximum Gasteiger partial charge on any atom is 0.205 e. The average molecular weight is 403 g/mol. The van der Waals surface area contributed by atoms with Crippen LogP contribution in [-0.2, 0) is 17.7 Å². The zero-order chi connectivity index (χ0) is 21.5. The van der Waals surface area contributed by atoms with E-state index in [0.29, 0.717) is 24.5 Å². The highest BCUT2D eigenvalue weighted by Crippen LogP contribution is 2.29.